The quantitative estimate of drug-likeness (QED) is 0.682. The number of ether oxygens (including phenoxy) is 1. The van der Waals surface area contributed by atoms with Crippen molar-refractivity contribution in [2.45, 2.75) is 24.6 Å². The fraction of sp³-hybridized carbons (Fsp3) is 0.526. The Kier molecular flexibility index (Phi) is 6.62. The van der Waals surface area contributed by atoms with Gasteiger partial charge in [0.1, 0.15) is 10.1 Å². The molecular weight excluding hydrogens is 350 g/mol. The molecule has 0 unspecified atom stereocenters. The van der Waals surface area contributed by atoms with E-state index < -0.39 is 0 Å². The first kappa shape index (κ1) is 18.5. The second-order valence-corrected chi connectivity index (χ2v) is 8.77. The zero-order chi connectivity index (χ0) is 17.6. The van der Waals surface area contributed by atoms with Gasteiger partial charge in [0.2, 0.25) is 0 Å². The summed E-state index contributed by atoms with van der Waals surface area (Å²) in [5, 5.41) is 0. The maximum Gasteiger partial charge on any atom is 0.150 e. The number of thioether (sulfide) groups is 1. The third kappa shape index (κ3) is 4.68. The molecular formula is C19H27N3OS2. The molecule has 0 spiro atoms. The van der Waals surface area contributed by atoms with Gasteiger partial charge in [-0.15, -0.1) is 11.3 Å². The average Bonchev–Trinajstić information content (AvgIpc) is 3.00. The highest BCUT2D eigenvalue weighted by Crippen LogP contribution is 2.29. The van der Waals surface area contributed by atoms with Gasteiger partial charge in [0.05, 0.1) is 18.5 Å². The Hall–Kier alpha value is -1.24. The summed E-state index contributed by atoms with van der Waals surface area (Å²) in [6.07, 6.45) is 1.11. The molecule has 0 atom stereocenters. The number of piperazine rings is 1. The van der Waals surface area contributed by atoms with Gasteiger partial charge < -0.3 is 9.64 Å². The Morgan fingerprint density at radius 2 is 1.96 bits per heavy atom. The van der Waals surface area contributed by atoms with Crippen LogP contribution in [0.2, 0.25) is 0 Å². The van der Waals surface area contributed by atoms with E-state index in [1.807, 2.05) is 35.2 Å². The van der Waals surface area contributed by atoms with Crippen molar-refractivity contribution in [1.82, 2.24) is 9.88 Å². The van der Waals surface area contributed by atoms with Gasteiger partial charge in [-0.25, -0.2) is 4.98 Å². The molecule has 136 valence electrons. The van der Waals surface area contributed by atoms with E-state index in [-0.39, 0.29) is 0 Å². The lowest BCUT2D eigenvalue weighted by atomic mass is 10.2. The van der Waals surface area contributed by atoms with Gasteiger partial charge >= 0.3 is 0 Å². The van der Waals surface area contributed by atoms with Crippen LogP contribution in [0.25, 0.3) is 0 Å². The summed E-state index contributed by atoms with van der Waals surface area (Å²) < 4.78 is 6.72. The van der Waals surface area contributed by atoms with E-state index in [0.717, 1.165) is 50.6 Å². The van der Waals surface area contributed by atoms with Crippen LogP contribution in [0.3, 0.4) is 0 Å². The van der Waals surface area contributed by atoms with Crippen LogP contribution in [0.4, 0.5) is 5.69 Å². The minimum Gasteiger partial charge on any atom is -0.495 e. The summed E-state index contributed by atoms with van der Waals surface area (Å²) in [4.78, 5) is 11.1. The lowest BCUT2D eigenvalue weighted by Gasteiger charge is -2.36. The molecule has 0 saturated carbocycles. The molecule has 0 N–H and O–H groups in total. The number of hydrogen-bond donors (Lipinski definition) is 0. The van der Waals surface area contributed by atoms with Gasteiger partial charge in [-0.2, -0.15) is 0 Å². The minimum atomic E-state index is 0.970. The van der Waals surface area contributed by atoms with Crippen LogP contribution in [0.15, 0.2) is 28.6 Å². The summed E-state index contributed by atoms with van der Waals surface area (Å²) in [7, 11) is 1.75. The van der Waals surface area contributed by atoms with Gasteiger partial charge in [0.15, 0.2) is 0 Å². The molecule has 0 aliphatic carbocycles. The smallest absolute Gasteiger partial charge is 0.150 e. The SMILES string of the molecule is CCSc1nc(C)c(CCN2CCN(c3ccccc3OC)CC2)s1. The van der Waals surface area contributed by atoms with Crippen LogP contribution in [0, 0.1) is 6.92 Å². The predicted molar refractivity (Wildman–Crippen MR) is 109 cm³/mol. The summed E-state index contributed by atoms with van der Waals surface area (Å²) in [5.74, 6) is 2.06. The summed E-state index contributed by atoms with van der Waals surface area (Å²) in [6.45, 7) is 9.77. The molecule has 1 aromatic carbocycles. The monoisotopic (exact) mass is 377 g/mol. The van der Waals surface area contributed by atoms with Crippen molar-refractivity contribution in [1.29, 1.82) is 0 Å². The lowest BCUT2D eigenvalue weighted by Crippen LogP contribution is -2.47. The van der Waals surface area contributed by atoms with Crippen molar-refractivity contribution < 1.29 is 4.74 Å². The predicted octanol–water partition coefficient (Wildman–Crippen LogP) is 3.94. The number of thiazole rings is 1. The minimum absolute atomic E-state index is 0.970. The summed E-state index contributed by atoms with van der Waals surface area (Å²) in [6, 6.07) is 8.31. The number of nitrogens with zero attached hydrogens (tertiary/aromatic N) is 3. The molecule has 3 rings (SSSR count). The molecule has 6 heteroatoms. The fourth-order valence-electron chi connectivity index (χ4n) is 3.18. The average molecular weight is 378 g/mol. The summed E-state index contributed by atoms with van der Waals surface area (Å²) >= 11 is 3.72. The van der Waals surface area contributed by atoms with E-state index in [2.05, 4.69) is 40.8 Å². The van der Waals surface area contributed by atoms with E-state index in [9.17, 15) is 0 Å². The molecule has 1 aliphatic heterocycles. The molecule has 1 aliphatic rings. The Morgan fingerprint density at radius 3 is 2.68 bits per heavy atom. The van der Waals surface area contributed by atoms with E-state index >= 15 is 0 Å². The highest BCUT2D eigenvalue weighted by Gasteiger charge is 2.19. The van der Waals surface area contributed by atoms with Crippen LogP contribution < -0.4 is 9.64 Å². The normalized spacial score (nSPS) is 15.6. The van der Waals surface area contributed by atoms with Crippen molar-refractivity contribution in [2.24, 2.45) is 0 Å². The number of aromatic nitrogens is 1. The molecule has 2 aromatic rings. The number of para-hydroxylation sites is 2. The van der Waals surface area contributed by atoms with Crippen molar-refractivity contribution in [3.8, 4) is 5.75 Å². The second-order valence-electron chi connectivity index (χ2n) is 6.17. The van der Waals surface area contributed by atoms with Crippen LogP contribution in [-0.4, -0.2) is 55.5 Å². The topological polar surface area (TPSA) is 28.6 Å². The molecule has 4 nitrogen and oxygen atoms in total. The standard InChI is InChI=1S/C19H27N3OS2/c1-4-24-19-20-15(2)18(25-19)9-10-21-11-13-22(14-12-21)16-7-5-6-8-17(16)23-3/h5-8H,4,9-14H2,1-3H3. The van der Waals surface area contributed by atoms with Gasteiger partial charge in [0, 0.05) is 37.6 Å². The molecule has 2 heterocycles. The fourth-order valence-corrected chi connectivity index (χ4v) is 5.30. The molecule has 0 bridgehead atoms. The largest absolute Gasteiger partial charge is 0.495 e. The zero-order valence-electron chi connectivity index (χ0n) is 15.3. The van der Waals surface area contributed by atoms with Crippen LogP contribution in [-0.2, 0) is 6.42 Å². The molecule has 25 heavy (non-hydrogen) atoms. The van der Waals surface area contributed by atoms with Crippen LogP contribution in [0.5, 0.6) is 5.75 Å². The van der Waals surface area contributed by atoms with Gasteiger partial charge in [0.25, 0.3) is 0 Å². The highest BCUT2D eigenvalue weighted by molar-refractivity contribution is 8.01. The van der Waals surface area contributed by atoms with E-state index in [1.54, 1.807) is 7.11 Å². The third-order valence-electron chi connectivity index (χ3n) is 4.59. The van der Waals surface area contributed by atoms with Crippen LogP contribution >= 0.6 is 23.1 Å². The second kappa shape index (κ2) is 8.92. The van der Waals surface area contributed by atoms with E-state index in [1.165, 1.54) is 20.6 Å². The van der Waals surface area contributed by atoms with Gasteiger partial charge in [-0.3, -0.25) is 4.90 Å². The van der Waals surface area contributed by atoms with Crippen molar-refractivity contribution in [2.75, 3.05) is 50.5 Å². The maximum atomic E-state index is 5.50. The zero-order valence-corrected chi connectivity index (χ0v) is 17.0. The first-order valence-corrected chi connectivity index (χ1v) is 10.7. The first-order chi connectivity index (χ1) is 12.2. The number of rotatable bonds is 7. The molecule has 0 amide bonds. The number of aryl methyl sites for hydroxylation is 1. The van der Waals surface area contributed by atoms with E-state index in [4.69, 9.17) is 4.74 Å². The summed E-state index contributed by atoms with van der Waals surface area (Å²) in [5.41, 5.74) is 2.43. The third-order valence-corrected chi connectivity index (χ3v) is 6.84. The van der Waals surface area contributed by atoms with E-state index in [0.29, 0.717) is 0 Å². The van der Waals surface area contributed by atoms with Crippen molar-refractivity contribution >= 4 is 28.8 Å². The molecule has 1 aromatic heterocycles. The number of anilines is 1. The Morgan fingerprint density at radius 1 is 1.20 bits per heavy atom. The highest BCUT2D eigenvalue weighted by atomic mass is 32.2. The molecule has 0 radical (unpaired) electrons. The maximum absolute atomic E-state index is 5.50. The Bertz CT molecular complexity index is 681. The number of methoxy groups -OCH3 is 1. The van der Waals surface area contributed by atoms with Gasteiger partial charge in [-0.05, 0) is 31.2 Å². The van der Waals surface area contributed by atoms with Crippen molar-refractivity contribution in [3.05, 3.63) is 34.8 Å². The van der Waals surface area contributed by atoms with Crippen LogP contribution in [0.1, 0.15) is 17.5 Å². The lowest BCUT2D eigenvalue weighted by molar-refractivity contribution is 0.260. The Labute approximate surface area is 159 Å². The van der Waals surface area contributed by atoms with Crippen molar-refractivity contribution in [3.63, 3.8) is 0 Å². The Balaban J connectivity index is 1.51. The first-order valence-electron chi connectivity index (χ1n) is 8.90. The number of benzene rings is 1. The molecule has 1 fully saturated rings. The van der Waals surface area contributed by atoms with Gasteiger partial charge in [-0.1, -0.05) is 30.8 Å². The number of hydrogen-bond acceptors (Lipinski definition) is 6. The molecule has 1 saturated heterocycles.